The number of nitrogens with one attached hydrogen (secondary N) is 2. The lowest BCUT2D eigenvalue weighted by atomic mass is 10.3. The van der Waals surface area contributed by atoms with Crippen LogP contribution in [-0.2, 0) is 0 Å². The lowest BCUT2D eigenvalue weighted by Crippen LogP contribution is -2.26. The Hall–Kier alpha value is -0.940. The van der Waals surface area contributed by atoms with Crippen molar-refractivity contribution >= 4 is 0 Å². The Morgan fingerprint density at radius 3 is 3.18 bits per heavy atom. The maximum Gasteiger partial charge on any atom is 0.141 e. The summed E-state index contributed by atoms with van der Waals surface area (Å²) in [5.41, 5.74) is 5.32. The van der Waals surface area contributed by atoms with Crippen LogP contribution in [0.4, 0.5) is 0 Å². The molecule has 0 saturated carbocycles. The minimum atomic E-state index is 0.195. The molecule has 1 aromatic heterocycles. The van der Waals surface area contributed by atoms with E-state index in [0.717, 1.165) is 12.4 Å². The van der Waals surface area contributed by atoms with Gasteiger partial charge in [-0.25, -0.2) is 4.98 Å². The fourth-order valence-corrected chi connectivity index (χ4v) is 0.820. The smallest absolute Gasteiger partial charge is 0.141 e. The number of aromatic nitrogens is 3. The molecule has 0 spiro atoms. The van der Waals surface area contributed by atoms with E-state index in [-0.39, 0.29) is 6.04 Å². The first-order valence-corrected chi connectivity index (χ1v) is 3.63. The van der Waals surface area contributed by atoms with Gasteiger partial charge in [0.25, 0.3) is 0 Å². The van der Waals surface area contributed by atoms with E-state index in [2.05, 4.69) is 20.5 Å². The molecule has 0 bridgehead atoms. The van der Waals surface area contributed by atoms with Crippen molar-refractivity contribution in [1.82, 2.24) is 20.5 Å². The summed E-state index contributed by atoms with van der Waals surface area (Å²) in [4.78, 5) is 4.00. The monoisotopic (exact) mass is 155 g/mol. The molecule has 1 aromatic rings. The Kier molecular flexibility index (Phi) is 3.00. The summed E-state index contributed by atoms with van der Waals surface area (Å²) >= 11 is 0. The van der Waals surface area contributed by atoms with Crippen molar-refractivity contribution in [2.75, 3.05) is 13.1 Å². The molecule has 4 N–H and O–H groups in total. The van der Waals surface area contributed by atoms with Crippen LogP contribution in [0, 0.1) is 0 Å². The van der Waals surface area contributed by atoms with Gasteiger partial charge in [0.2, 0.25) is 0 Å². The van der Waals surface area contributed by atoms with Crippen LogP contribution in [0.3, 0.4) is 0 Å². The van der Waals surface area contributed by atoms with Crippen molar-refractivity contribution in [3.8, 4) is 0 Å². The van der Waals surface area contributed by atoms with E-state index in [1.165, 1.54) is 6.33 Å². The Morgan fingerprint density at radius 2 is 2.64 bits per heavy atom. The van der Waals surface area contributed by atoms with E-state index >= 15 is 0 Å². The Balaban J connectivity index is 2.36. The molecule has 1 atom stereocenters. The van der Waals surface area contributed by atoms with Crippen LogP contribution in [0.5, 0.6) is 0 Å². The third-order valence-electron chi connectivity index (χ3n) is 1.44. The van der Waals surface area contributed by atoms with Gasteiger partial charge in [0.15, 0.2) is 0 Å². The zero-order valence-electron chi connectivity index (χ0n) is 6.54. The largest absolute Gasteiger partial charge is 0.329 e. The lowest BCUT2D eigenvalue weighted by Gasteiger charge is -2.08. The summed E-state index contributed by atoms with van der Waals surface area (Å²) in [6, 6.07) is 0.195. The first kappa shape index (κ1) is 8.16. The van der Waals surface area contributed by atoms with Gasteiger partial charge in [-0.05, 0) is 6.92 Å². The van der Waals surface area contributed by atoms with Gasteiger partial charge in [-0.1, -0.05) is 0 Å². The van der Waals surface area contributed by atoms with Crippen molar-refractivity contribution in [3.05, 3.63) is 12.2 Å². The summed E-state index contributed by atoms with van der Waals surface area (Å²) in [6.45, 7) is 3.44. The van der Waals surface area contributed by atoms with Crippen LogP contribution in [0.2, 0.25) is 0 Å². The van der Waals surface area contributed by atoms with Gasteiger partial charge in [-0.2, -0.15) is 5.10 Å². The summed E-state index contributed by atoms with van der Waals surface area (Å²) in [6.07, 6.45) is 1.50. The average Bonchev–Trinajstić information content (AvgIpc) is 2.52. The van der Waals surface area contributed by atoms with E-state index in [1.54, 1.807) is 0 Å². The Labute approximate surface area is 65.4 Å². The first-order chi connectivity index (χ1) is 5.34. The van der Waals surface area contributed by atoms with Crippen molar-refractivity contribution in [1.29, 1.82) is 0 Å². The van der Waals surface area contributed by atoms with Crippen molar-refractivity contribution in [3.63, 3.8) is 0 Å². The molecule has 0 aromatic carbocycles. The highest BCUT2D eigenvalue weighted by atomic mass is 15.2. The van der Waals surface area contributed by atoms with Crippen molar-refractivity contribution < 1.29 is 0 Å². The Bertz CT molecular complexity index is 183. The lowest BCUT2D eigenvalue weighted by molar-refractivity contribution is 0.555. The van der Waals surface area contributed by atoms with E-state index in [1.807, 2.05) is 6.92 Å². The van der Waals surface area contributed by atoms with Gasteiger partial charge in [-0.3, -0.25) is 5.10 Å². The molecule has 11 heavy (non-hydrogen) atoms. The number of H-pyrrole nitrogens is 1. The van der Waals surface area contributed by atoms with E-state index in [4.69, 9.17) is 5.73 Å². The van der Waals surface area contributed by atoms with Crippen molar-refractivity contribution in [2.45, 2.75) is 13.0 Å². The third-order valence-corrected chi connectivity index (χ3v) is 1.44. The second-order valence-electron chi connectivity index (χ2n) is 2.34. The predicted molar refractivity (Wildman–Crippen MR) is 41.9 cm³/mol. The number of hydrogen-bond donors (Lipinski definition) is 3. The van der Waals surface area contributed by atoms with E-state index < -0.39 is 0 Å². The molecule has 62 valence electrons. The molecule has 1 heterocycles. The fourth-order valence-electron chi connectivity index (χ4n) is 0.820. The quantitative estimate of drug-likeness (QED) is 0.543. The van der Waals surface area contributed by atoms with Crippen LogP contribution in [0.15, 0.2) is 6.33 Å². The van der Waals surface area contributed by atoms with Gasteiger partial charge in [0.05, 0.1) is 6.04 Å². The van der Waals surface area contributed by atoms with Gasteiger partial charge in [0, 0.05) is 13.1 Å². The van der Waals surface area contributed by atoms with Crippen LogP contribution in [-0.4, -0.2) is 28.3 Å². The number of nitrogens with two attached hydrogens (primary N) is 1. The number of hydrogen-bond acceptors (Lipinski definition) is 4. The molecule has 0 amide bonds. The first-order valence-electron chi connectivity index (χ1n) is 3.63. The minimum absolute atomic E-state index is 0.195. The highest BCUT2D eigenvalue weighted by molar-refractivity contribution is 4.88. The summed E-state index contributed by atoms with van der Waals surface area (Å²) in [5, 5.41) is 9.70. The normalized spacial score (nSPS) is 13.3. The molecule has 0 aliphatic rings. The number of aromatic amines is 1. The zero-order chi connectivity index (χ0) is 8.10. The maximum absolute atomic E-state index is 5.32. The average molecular weight is 155 g/mol. The molecule has 0 aliphatic heterocycles. The molecule has 0 saturated heterocycles. The van der Waals surface area contributed by atoms with Crippen LogP contribution in [0.25, 0.3) is 0 Å². The highest BCUT2D eigenvalue weighted by Gasteiger charge is 2.04. The molecule has 1 unspecified atom stereocenters. The minimum Gasteiger partial charge on any atom is -0.329 e. The predicted octanol–water partition coefficient (Wildman–Crippen LogP) is -0.586. The zero-order valence-corrected chi connectivity index (χ0v) is 6.54. The van der Waals surface area contributed by atoms with Crippen LogP contribution >= 0.6 is 0 Å². The number of rotatable bonds is 4. The molecule has 1 rings (SSSR count). The summed E-state index contributed by atoms with van der Waals surface area (Å²) in [5.74, 6) is 0.846. The molecule has 0 radical (unpaired) electrons. The number of nitrogens with zero attached hydrogens (tertiary/aromatic N) is 2. The third kappa shape index (κ3) is 2.28. The van der Waals surface area contributed by atoms with Gasteiger partial charge >= 0.3 is 0 Å². The highest BCUT2D eigenvalue weighted by Crippen LogP contribution is 2.01. The second-order valence-corrected chi connectivity index (χ2v) is 2.34. The van der Waals surface area contributed by atoms with Crippen molar-refractivity contribution in [2.24, 2.45) is 5.73 Å². The molecule has 5 nitrogen and oxygen atoms in total. The van der Waals surface area contributed by atoms with Gasteiger partial charge < -0.3 is 11.1 Å². The summed E-state index contributed by atoms with van der Waals surface area (Å²) < 4.78 is 0. The fraction of sp³-hybridized carbons (Fsp3) is 0.667. The molecule has 0 aliphatic carbocycles. The van der Waals surface area contributed by atoms with Gasteiger partial charge in [0.1, 0.15) is 12.2 Å². The maximum atomic E-state index is 5.32. The molecule has 0 fully saturated rings. The second kappa shape index (κ2) is 4.05. The Morgan fingerprint density at radius 1 is 1.82 bits per heavy atom. The van der Waals surface area contributed by atoms with Crippen LogP contribution in [0.1, 0.15) is 18.8 Å². The summed E-state index contributed by atoms with van der Waals surface area (Å²) in [7, 11) is 0. The topological polar surface area (TPSA) is 79.6 Å². The molecular formula is C6H13N5. The van der Waals surface area contributed by atoms with E-state index in [9.17, 15) is 0 Å². The SMILES string of the molecule is CC(NCCN)c1ncn[nH]1. The van der Waals surface area contributed by atoms with Gasteiger partial charge in [-0.15, -0.1) is 0 Å². The van der Waals surface area contributed by atoms with Crippen LogP contribution < -0.4 is 11.1 Å². The van der Waals surface area contributed by atoms with E-state index in [0.29, 0.717) is 6.54 Å². The standard InChI is InChI=1S/C6H13N5/c1-5(8-3-2-7)6-9-4-10-11-6/h4-5,8H,2-3,7H2,1H3,(H,9,10,11). The molecule has 5 heteroatoms. The molecular weight excluding hydrogens is 142 g/mol.